The number of fused-ring (bicyclic) bond motifs is 1. The monoisotopic (exact) mass is 329 g/mol. The molecule has 22 heavy (non-hydrogen) atoms. The zero-order valence-corrected chi connectivity index (χ0v) is 11.8. The lowest BCUT2D eigenvalue weighted by atomic mass is 10.1. The number of hydrogen-bond acceptors (Lipinski definition) is 4. The minimum Gasteiger partial charge on any atom is -0.326 e. The summed E-state index contributed by atoms with van der Waals surface area (Å²) in [5.74, 6) is 0. The zero-order chi connectivity index (χ0) is 16.0. The molecule has 0 fully saturated rings. The maximum atomic E-state index is 12.8. The van der Waals surface area contributed by atoms with Crippen LogP contribution in [0.3, 0.4) is 0 Å². The second-order valence-electron chi connectivity index (χ2n) is 4.63. The van der Waals surface area contributed by atoms with Crippen molar-refractivity contribution in [2.75, 3.05) is 11.6 Å². The first kappa shape index (κ1) is 14.8. The predicted octanol–water partition coefficient (Wildman–Crippen LogP) is 2.49. The molecule has 116 valence electrons. The van der Waals surface area contributed by atoms with E-state index in [1.165, 1.54) is 29.3 Å². The molecule has 2 aromatic rings. The summed E-state index contributed by atoms with van der Waals surface area (Å²) in [5.41, 5.74) is -0.271. The predicted molar refractivity (Wildman–Crippen MR) is 73.0 cm³/mol. The molecule has 1 aromatic heterocycles. The number of rotatable bonds is 1. The fourth-order valence-corrected chi connectivity index (χ4v) is 3.30. The van der Waals surface area contributed by atoms with E-state index in [9.17, 15) is 21.6 Å². The van der Waals surface area contributed by atoms with E-state index in [1.54, 1.807) is 0 Å². The van der Waals surface area contributed by atoms with Gasteiger partial charge in [-0.05, 0) is 24.3 Å². The van der Waals surface area contributed by atoms with Gasteiger partial charge in [0.25, 0.3) is 0 Å². The van der Waals surface area contributed by atoms with Crippen LogP contribution in [0.15, 0.2) is 47.6 Å². The van der Waals surface area contributed by atoms with Gasteiger partial charge in [0.15, 0.2) is 0 Å². The highest BCUT2D eigenvalue weighted by atomic mass is 32.2. The van der Waals surface area contributed by atoms with Gasteiger partial charge in [-0.1, -0.05) is 6.07 Å². The molecule has 1 N–H and O–H groups in total. The third kappa shape index (κ3) is 2.53. The number of benzene rings is 1. The fourth-order valence-electron chi connectivity index (χ4n) is 2.20. The van der Waals surface area contributed by atoms with Crippen molar-refractivity contribution < 1.29 is 21.6 Å². The largest absolute Gasteiger partial charge is 0.416 e. The Morgan fingerprint density at radius 3 is 2.73 bits per heavy atom. The molecule has 0 unspecified atom stereocenters. The molecule has 1 aromatic carbocycles. The van der Waals surface area contributed by atoms with E-state index in [4.69, 9.17) is 0 Å². The third-order valence-corrected chi connectivity index (χ3v) is 4.64. The molecule has 0 saturated heterocycles. The van der Waals surface area contributed by atoms with E-state index >= 15 is 0 Å². The van der Waals surface area contributed by atoms with Crippen LogP contribution in [-0.4, -0.2) is 20.1 Å². The molecule has 0 saturated carbocycles. The molecular formula is C13H10F3N3O2S. The smallest absolute Gasteiger partial charge is 0.326 e. The van der Waals surface area contributed by atoms with Gasteiger partial charge in [0.05, 0.1) is 17.9 Å². The number of nitrogens with zero attached hydrogens (tertiary/aromatic N) is 2. The number of aromatic nitrogens is 1. The third-order valence-electron chi connectivity index (χ3n) is 3.24. The molecule has 0 bridgehead atoms. The second-order valence-corrected chi connectivity index (χ2v) is 6.36. The number of hydrogen-bond donors (Lipinski definition) is 1. The highest BCUT2D eigenvalue weighted by molar-refractivity contribution is 7.89. The molecule has 2 heterocycles. The average Bonchev–Trinajstić information content (AvgIpc) is 2.47. The average molecular weight is 329 g/mol. The van der Waals surface area contributed by atoms with Crippen molar-refractivity contribution in [3.8, 4) is 0 Å². The van der Waals surface area contributed by atoms with E-state index in [0.717, 1.165) is 18.3 Å². The summed E-state index contributed by atoms with van der Waals surface area (Å²) >= 11 is 0. The molecular weight excluding hydrogens is 319 g/mol. The Morgan fingerprint density at radius 2 is 2.00 bits per heavy atom. The van der Waals surface area contributed by atoms with E-state index in [1.807, 2.05) is 0 Å². The summed E-state index contributed by atoms with van der Waals surface area (Å²) in [6.07, 6.45) is -1.91. The van der Waals surface area contributed by atoms with Gasteiger partial charge in [0, 0.05) is 18.1 Å². The molecule has 1 aliphatic rings. The summed E-state index contributed by atoms with van der Waals surface area (Å²) in [6.45, 7) is -0.152. The Bertz CT molecular complexity index is 821. The van der Waals surface area contributed by atoms with Crippen molar-refractivity contribution >= 4 is 21.4 Å². The van der Waals surface area contributed by atoms with Gasteiger partial charge in [-0.3, -0.25) is 4.98 Å². The molecule has 0 aliphatic carbocycles. The summed E-state index contributed by atoms with van der Waals surface area (Å²) in [5, 5.41) is 0. The van der Waals surface area contributed by atoms with Crippen LogP contribution in [0.1, 0.15) is 5.56 Å². The number of anilines is 2. The number of pyridine rings is 1. The SMILES string of the molecule is O=S1(=O)NCN(c2cccc(C(F)(F)F)c2)c2ccncc21. The Balaban J connectivity index is 2.11. The zero-order valence-electron chi connectivity index (χ0n) is 11.0. The van der Waals surface area contributed by atoms with Gasteiger partial charge < -0.3 is 4.90 Å². The number of nitrogens with one attached hydrogen (secondary N) is 1. The summed E-state index contributed by atoms with van der Waals surface area (Å²) < 4.78 is 64.6. The van der Waals surface area contributed by atoms with E-state index in [-0.39, 0.29) is 22.9 Å². The summed E-state index contributed by atoms with van der Waals surface area (Å²) in [6, 6.07) is 6.16. The van der Waals surface area contributed by atoms with Crippen LogP contribution in [0.2, 0.25) is 0 Å². The molecule has 0 spiro atoms. The lowest BCUT2D eigenvalue weighted by Crippen LogP contribution is -2.40. The van der Waals surface area contributed by atoms with Crippen molar-refractivity contribution in [3.05, 3.63) is 48.3 Å². The Kier molecular flexibility index (Phi) is 3.33. The maximum absolute atomic E-state index is 12.8. The highest BCUT2D eigenvalue weighted by Gasteiger charge is 2.33. The summed E-state index contributed by atoms with van der Waals surface area (Å²) in [4.78, 5) is 5.13. The molecule has 0 amide bonds. The van der Waals surface area contributed by atoms with E-state index in [0.29, 0.717) is 0 Å². The Morgan fingerprint density at radius 1 is 1.23 bits per heavy atom. The quantitative estimate of drug-likeness (QED) is 0.873. The fraction of sp³-hybridized carbons (Fsp3) is 0.154. The lowest BCUT2D eigenvalue weighted by molar-refractivity contribution is -0.137. The van der Waals surface area contributed by atoms with Crippen LogP contribution in [0.4, 0.5) is 24.5 Å². The first-order valence-electron chi connectivity index (χ1n) is 6.17. The molecule has 5 nitrogen and oxygen atoms in total. The topological polar surface area (TPSA) is 62.3 Å². The van der Waals surface area contributed by atoms with Crippen LogP contribution >= 0.6 is 0 Å². The van der Waals surface area contributed by atoms with Gasteiger partial charge in [-0.25, -0.2) is 8.42 Å². The van der Waals surface area contributed by atoms with Gasteiger partial charge in [-0.2, -0.15) is 17.9 Å². The van der Waals surface area contributed by atoms with Crippen molar-refractivity contribution in [2.24, 2.45) is 0 Å². The van der Waals surface area contributed by atoms with Crippen molar-refractivity contribution in [2.45, 2.75) is 11.1 Å². The molecule has 9 heteroatoms. The number of alkyl halides is 3. The van der Waals surface area contributed by atoms with Gasteiger partial charge in [0.2, 0.25) is 10.0 Å². The molecule has 3 rings (SSSR count). The van der Waals surface area contributed by atoms with Crippen LogP contribution < -0.4 is 9.62 Å². The van der Waals surface area contributed by atoms with Crippen molar-refractivity contribution in [3.63, 3.8) is 0 Å². The van der Waals surface area contributed by atoms with E-state index < -0.39 is 21.8 Å². The van der Waals surface area contributed by atoms with Crippen molar-refractivity contribution in [1.82, 2.24) is 9.71 Å². The minimum atomic E-state index is -4.47. The normalized spacial score (nSPS) is 17.1. The van der Waals surface area contributed by atoms with Crippen LogP contribution in [0.25, 0.3) is 0 Å². The van der Waals surface area contributed by atoms with Gasteiger partial charge in [0.1, 0.15) is 4.90 Å². The van der Waals surface area contributed by atoms with Gasteiger partial charge in [-0.15, -0.1) is 0 Å². The molecule has 0 atom stereocenters. The van der Waals surface area contributed by atoms with E-state index in [2.05, 4.69) is 9.71 Å². The maximum Gasteiger partial charge on any atom is 0.416 e. The standard InChI is InChI=1S/C13H10F3N3O2S/c14-13(15,16)9-2-1-3-10(6-9)19-8-18-22(20,21)12-7-17-5-4-11(12)19/h1-7,18H,8H2. The molecule has 0 radical (unpaired) electrons. The van der Waals surface area contributed by atoms with Crippen LogP contribution in [0, 0.1) is 0 Å². The first-order valence-corrected chi connectivity index (χ1v) is 7.66. The second kappa shape index (κ2) is 4.96. The minimum absolute atomic E-state index is 0.0707. The lowest BCUT2D eigenvalue weighted by Gasteiger charge is -2.31. The summed E-state index contributed by atoms with van der Waals surface area (Å²) in [7, 11) is -3.70. The molecule has 1 aliphatic heterocycles. The Labute approximate surface area is 124 Å². The Hall–Kier alpha value is -2.13. The van der Waals surface area contributed by atoms with Gasteiger partial charge >= 0.3 is 6.18 Å². The highest BCUT2D eigenvalue weighted by Crippen LogP contribution is 2.36. The number of sulfonamides is 1. The van der Waals surface area contributed by atoms with Crippen LogP contribution in [0.5, 0.6) is 0 Å². The van der Waals surface area contributed by atoms with Crippen molar-refractivity contribution in [1.29, 1.82) is 0 Å². The van der Waals surface area contributed by atoms with Crippen LogP contribution in [-0.2, 0) is 16.2 Å². The number of halogens is 3. The first-order chi connectivity index (χ1) is 10.3.